The van der Waals surface area contributed by atoms with Gasteiger partial charge in [0.2, 0.25) is 0 Å². The summed E-state index contributed by atoms with van der Waals surface area (Å²) in [6.45, 7) is 14.9. The zero-order valence-corrected chi connectivity index (χ0v) is 16.4. The van der Waals surface area contributed by atoms with E-state index in [1.807, 2.05) is 54.6 Å². The van der Waals surface area contributed by atoms with Gasteiger partial charge < -0.3 is 9.47 Å². The molecule has 0 spiro atoms. The van der Waals surface area contributed by atoms with Crippen LogP contribution < -0.4 is 4.74 Å². The zero-order chi connectivity index (χ0) is 21.1. The second-order valence-corrected chi connectivity index (χ2v) is 4.37. The molecule has 6 nitrogen and oxygen atoms in total. The van der Waals surface area contributed by atoms with Crippen molar-refractivity contribution >= 4 is 5.97 Å². The summed E-state index contributed by atoms with van der Waals surface area (Å²) in [7, 11) is 1.58. The van der Waals surface area contributed by atoms with Gasteiger partial charge in [-0.05, 0) is 24.1 Å². The first-order valence-corrected chi connectivity index (χ1v) is 7.18. The van der Waals surface area contributed by atoms with E-state index in [0.29, 0.717) is 5.75 Å². The molecule has 0 bridgehead atoms. The Bertz CT molecular complexity index is 786. The molecule has 0 aromatic heterocycles. The number of para-hydroxylation sites is 1. The first-order chi connectivity index (χ1) is 13.2. The third-order valence-electron chi connectivity index (χ3n) is 2.83. The summed E-state index contributed by atoms with van der Waals surface area (Å²) in [5.74, 6) is 6.27. The summed E-state index contributed by atoms with van der Waals surface area (Å²) in [5.41, 5.74) is 1.60. The van der Waals surface area contributed by atoms with Crippen LogP contribution in [0.15, 0.2) is 54.6 Å². The van der Waals surface area contributed by atoms with Gasteiger partial charge in [0.15, 0.2) is 6.10 Å². The van der Waals surface area contributed by atoms with E-state index in [1.54, 1.807) is 7.11 Å². The molecular formula is C21H16CrO6. The number of esters is 1. The van der Waals surface area contributed by atoms with Gasteiger partial charge in [0.25, 0.3) is 0 Å². The topological polar surface area (TPSA) is 95.2 Å². The predicted octanol–water partition coefficient (Wildman–Crippen LogP) is 3.24. The summed E-state index contributed by atoms with van der Waals surface area (Å²) < 4.78 is 33.1. The average molecular weight is 416 g/mol. The van der Waals surface area contributed by atoms with Crippen molar-refractivity contribution in [3.8, 4) is 17.6 Å². The van der Waals surface area contributed by atoms with Crippen molar-refractivity contribution in [3.63, 3.8) is 0 Å². The van der Waals surface area contributed by atoms with Gasteiger partial charge in [-0.1, -0.05) is 42.3 Å². The Morgan fingerprint density at radius 3 is 1.93 bits per heavy atom. The van der Waals surface area contributed by atoms with Crippen LogP contribution in [0.2, 0.25) is 0 Å². The van der Waals surface area contributed by atoms with Crippen molar-refractivity contribution in [2.45, 2.75) is 13.0 Å². The van der Waals surface area contributed by atoms with E-state index in [2.05, 4.69) is 31.8 Å². The Balaban J connectivity index is -0.000000815. The van der Waals surface area contributed by atoms with Gasteiger partial charge in [0.05, 0.1) is 7.11 Å². The molecule has 0 fully saturated rings. The molecule has 0 saturated heterocycles. The third-order valence-corrected chi connectivity index (χ3v) is 2.83. The quantitative estimate of drug-likeness (QED) is 0.333. The first-order valence-electron chi connectivity index (χ1n) is 7.18. The van der Waals surface area contributed by atoms with Crippen molar-refractivity contribution in [3.05, 3.63) is 85.7 Å². The van der Waals surface area contributed by atoms with Gasteiger partial charge >= 0.3 is 39.9 Å². The van der Waals surface area contributed by atoms with Crippen LogP contribution >= 0.6 is 0 Å². The molecule has 2 aromatic rings. The minimum absolute atomic E-state index is 0. The van der Waals surface area contributed by atoms with Gasteiger partial charge in [-0.15, -0.1) is 0 Å². The number of hydrogen-bond donors (Lipinski definition) is 0. The van der Waals surface area contributed by atoms with Gasteiger partial charge in [0.1, 0.15) is 5.75 Å². The SMILES string of the molecule is COc1ccccc1[C@H](C#Cc1ccccc1)OC(C)=O.[C-]#[O+].[C-]#[O+].[C-]#[O+].[Cr]. The minimum atomic E-state index is -0.654. The summed E-state index contributed by atoms with van der Waals surface area (Å²) in [6.07, 6.45) is -0.654. The number of carbonyl (C=O) groups excluding carboxylic acids is 1. The molecule has 0 heterocycles. The summed E-state index contributed by atoms with van der Waals surface area (Å²) in [5, 5.41) is 0. The Morgan fingerprint density at radius 2 is 1.43 bits per heavy atom. The molecular weight excluding hydrogens is 400 g/mol. The summed E-state index contributed by atoms with van der Waals surface area (Å²) in [6, 6.07) is 16.9. The molecule has 0 aliphatic carbocycles. The fourth-order valence-corrected chi connectivity index (χ4v) is 1.89. The molecule has 0 aliphatic rings. The van der Waals surface area contributed by atoms with Crippen LogP contribution in [0.25, 0.3) is 0 Å². The summed E-state index contributed by atoms with van der Waals surface area (Å²) >= 11 is 0. The zero-order valence-electron chi connectivity index (χ0n) is 15.1. The third kappa shape index (κ3) is 11.6. The smallest absolute Gasteiger partial charge is 0 e. The van der Waals surface area contributed by atoms with Crippen molar-refractivity contribution in [2.24, 2.45) is 0 Å². The molecule has 2 rings (SSSR count). The van der Waals surface area contributed by atoms with E-state index in [-0.39, 0.29) is 23.3 Å². The van der Waals surface area contributed by atoms with Crippen LogP contribution in [0, 0.1) is 31.8 Å². The molecule has 28 heavy (non-hydrogen) atoms. The average Bonchev–Trinajstić information content (AvgIpc) is 2.76. The van der Waals surface area contributed by atoms with E-state index in [1.165, 1.54) is 6.92 Å². The predicted molar refractivity (Wildman–Crippen MR) is 92.6 cm³/mol. The largest absolute Gasteiger partial charge is 0 e. The van der Waals surface area contributed by atoms with Gasteiger partial charge in [0, 0.05) is 35.4 Å². The van der Waals surface area contributed by atoms with E-state index >= 15 is 0 Å². The maximum absolute atomic E-state index is 11.3. The Labute approximate surface area is 175 Å². The second-order valence-electron chi connectivity index (χ2n) is 4.37. The van der Waals surface area contributed by atoms with E-state index < -0.39 is 6.10 Å². The van der Waals surface area contributed by atoms with Gasteiger partial charge in [-0.25, -0.2) is 0 Å². The Hall–Kier alpha value is -2.98. The molecule has 0 saturated carbocycles. The second kappa shape index (κ2) is 20.3. The van der Waals surface area contributed by atoms with Crippen LogP contribution in [0.4, 0.5) is 0 Å². The molecule has 0 amide bonds. The maximum atomic E-state index is 11.3. The molecule has 7 heteroatoms. The molecule has 0 unspecified atom stereocenters. The minimum Gasteiger partial charge on any atom is 0 e. The molecule has 142 valence electrons. The number of carbonyl (C=O) groups is 1. The van der Waals surface area contributed by atoms with Crippen molar-refractivity contribution in [1.82, 2.24) is 0 Å². The van der Waals surface area contributed by atoms with Crippen LogP contribution in [0.3, 0.4) is 0 Å². The van der Waals surface area contributed by atoms with E-state index in [9.17, 15) is 4.79 Å². The number of rotatable bonds is 3. The molecule has 0 aliphatic heterocycles. The Morgan fingerprint density at radius 1 is 0.929 bits per heavy atom. The van der Waals surface area contributed by atoms with Crippen LogP contribution in [0.1, 0.15) is 24.2 Å². The molecule has 0 N–H and O–H groups in total. The van der Waals surface area contributed by atoms with Crippen LogP contribution in [-0.2, 0) is 40.8 Å². The van der Waals surface area contributed by atoms with Crippen molar-refractivity contribution in [2.75, 3.05) is 7.11 Å². The number of benzene rings is 2. The molecule has 1 atom stereocenters. The first kappa shape index (κ1) is 29.8. The fourth-order valence-electron chi connectivity index (χ4n) is 1.89. The van der Waals surface area contributed by atoms with Crippen molar-refractivity contribution in [1.29, 1.82) is 0 Å². The Kier molecular flexibility index (Phi) is 21.6. The number of hydrogen-bond acceptors (Lipinski definition) is 3. The van der Waals surface area contributed by atoms with Crippen LogP contribution in [0.5, 0.6) is 5.75 Å². The molecule has 2 aromatic carbocycles. The fraction of sp³-hybridized carbons (Fsp3) is 0.143. The molecule has 0 radical (unpaired) electrons. The van der Waals surface area contributed by atoms with Crippen molar-refractivity contribution < 1.29 is 45.6 Å². The van der Waals surface area contributed by atoms with E-state index in [4.69, 9.17) is 23.4 Å². The number of ether oxygens (including phenoxy) is 2. The maximum Gasteiger partial charge on any atom is 0 e. The summed E-state index contributed by atoms with van der Waals surface area (Å²) in [4.78, 5) is 11.3. The van der Waals surface area contributed by atoms with Crippen LogP contribution in [-0.4, -0.2) is 13.1 Å². The normalized spacial score (nSPS) is 8.43. The monoisotopic (exact) mass is 416 g/mol. The van der Waals surface area contributed by atoms with Gasteiger partial charge in [-0.2, -0.15) is 0 Å². The van der Waals surface area contributed by atoms with Gasteiger partial charge in [-0.3, -0.25) is 4.79 Å². The standard InChI is InChI=1S/C18H16O3.3CO.Cr/c1-14(19)21-18(13-12-15-8-4-3-5-9-15)16-10-6-7-11-17(16)20-2;3*1-2;/h3-11,18H,1-2H3;;;;/t18-;;;;/m0..../s1. The van der Waals surface area contributed by atoms with E-state index in [0.717, 1.165) is 11.1 Å². The number of methoxy groups -OCH3 is 1.